The minimum atomic E-state index is 0. The lowest BCUT2D eigenvalue weighted by Crippen LogP contribution is -2.48. The highest BCUT2D eigenvalue weighted by molar-refractivity contribution is 5.85. The fourth-order valence-electron chi connectivity index (χ4n) is 5.95. The molecule has 0 aromatic rings. The first kappa shape index (κ1) is 14.6. The van der Waals surface area contributed by atoms with Crippen molar-refractivity contribution in [2.45, 2.75) is 57.4 Å². The number of carbonyl (C=O) groups excluding carboxylic acids is 1. The lowest BCUT2D eigenvalue weighted by atomic mass is 9.49. The molecule has 4 bridgehead atoms. The second kappa shape index (κ2) is 5.17. The van der Waals surface area contributed by atoms with Gasteiger partial charge in [-0.25, -0.2) is 0 Å². The highest BCUT2D eigenvalue weighted by Gasteiger charge is 2.51. The summed E-state index contributed by atoms with van der Waals surface area (Å²) in [7, 11) is 0. The Balaban J connectivity index is 0.00000121. The summed E-state index contributed by atoms with van der Waals surface area (Å²) in [4.78, 5) is 14.6. The van der Waals surface area contributed by atoms with Crippen molar-refractivity contribution >= 4 is 18.3 Å². The third-order valence-electron chi connectivity index (χ3n) is 6.27. The van der Waals surface area contributed by atoms with Crippen molar-refractivity contribution in [3.63, 3.8) is 0 Å². The van der Waals surface area contributed by atoms with Crippen LogP contribution in [0.1, 0.15) is 51.4 Å². The van der Waals surface area contributed by atoms with Crippen LogP contribution in [-0.2, 0) is 4.79 Å². The molecule has 4 aliphatic carbocycles. The Bertz CT molecular complexity index is 363. The summed E-state index contributed by atoms with van der Waals surface area (Å²) in [5, 5.41) is 0. The zero-order valence-electron chi connectivity index (χ0n) is 12.2. The number of halogens is 1. The molecule has 0 spiro atoms. The van der Waals surface area contributed by atoms with Gasteiger partial charge in [0.15, 0.2) is 0 Å². The van der Waals surface area contributed by atoms with E-state index < -0.39 is 0 Å². The molecule has 0 aromatic heterocycles. The molecule has 1 aliphatic heterocycles. The second-order valence-electron chi connectivity index (χ2n) is 7.98. The summed E-state index contributed by atoms with van der Waals surface area (Å²) in [6, 6.07) is 0.223. The van der Waals surface area contributed by atoms with Gasteiger partial charge in [-0.15, -0.1) is 12.4 Å². The smallest absolute Gasteiger partial charge is 0.223 e. The highest BCUT2D eigenvalue weighted by Crippen LogP contribution is 2.61. The van der Waals surface area contributed by atoms with Gasteiger partial charge in [0.25, 0.3) is 0 Å². The summed E-state index contributed by atoms with van der Waals surface area (Å²) < 4.78 is 0. The molecule has 0 radical (unpaired) electrons. The lowest BCUT2D eigenvalue weighted by Gasteiger charge is -2.56. The van der Waals surface area contributed by atoms with E-state index in [1.807, 2.05) is 4.90 Å². The van der Waals surface area contributed by atoms with Crippen LogP contribution in [0, 0.1) is 23.2 Å². The summed E-state index contributed by atoms with van der Waals surface area (Å²) in [5.41, 5.74) is 6.32. The number of rotatable bonds is 2. The predicted octanol–water partition coefficient (Wildman–Crippen LogP) is 2.57. The third kappa shape index (κ3) is 2.48. The Morgan fingerprint density at radius 1 is 1.10 bits per heavy atom. The van der Waals surface area contributed by atoms with Crippen LogP contribution < -0.4 is 5.73 Å². The minimum Gasteiger partial charge on any atom is -0.341 e. The quantitative estimate of drug-likeness (QED) is 0.852. The van der Waals surface area contributed by atoms with Crippen LogP contribution in [-0.4, -0.2) is 29.9 Å². The lowest BCUT2D eigenvalue weighted by molar-refractivity contribution is -0.138. The molecule has 5 aliphatic rings. The van der Waals surface area contributed by atoms with Crippen molar-refractivity contribution < 1.29 is 4.79 Å². The molecule has 2 N–H and O–H groups in total. The Kier molecular flexibility index (Phi) is 3.79. The fourth-order valence-corrected chi connectivity index (χ4v) is 5.95. The molecule has 0 unspecified atom stereocenters. The molecule has 0 aromatic carbocycles. The van der Waals surface area contributed by atoms with E-state index in [2.05, 4.69) is 0 Å². The number of hydrogen-bond donors (Lipinski definition) is 1. The first-order chi connectivity index (χ1) is 9.12. The van der Waals surface area contributed by atoms with Gasteiger partial charge in [0.05, 0.1) is 0 Å². The molecule has 1 saturated heterocycles. The van der Waals surface area contributed by atoms with Gasteiger partial charge >= 0.3 is 0 Å². The predicted molar refractivity (Wildman–Crippen MR) is 81.6 cm³/mol. The monoisotopic (exact) mass is 298 g/mol. The molecule has 1 amide bonds. The SMILES string of the molecule is Cl.N[C@H]1CCN(C(=O)CC23CC4CC(CC(C4)C2)C3)C1. The first-order valence-electron chi connectivity index (χ1n) is 8.15. The van der Waals surface area contributed by atoms with Crippen molar-refractivity contribution in [2.75, 3.05) is 13.1 Å². The standard InChI is InChI=1S/C16H26N2O.ClH/c17-14-1-2-18(10-14)15(19)9-16-6-11-3-12(7-16)5-13(4-11)8-16;/h11-14H,1-10,17H2;1H/t11?,12?,13?,14-,16?;/m0./s1. The summed E-state index contributed by atoms with van der Waals surface area (Å²) in [5.74, 6) is 3.23. The number of amides is 1. The summed E-state index contributed by atoms with van der Waals surface area (Å²) >= 11 is 0. The van der Waals surface area contributed by atoms with E-state index in [0.717, 1.165) is 43.7 Å². The van der Waals surface area contributed by atoms with Gasteiger partial charge in [-0.3, -0.25) is 4.79 Å². The van der Waals surface area contributed by atoms with Gasteiger partial charge in [-0.1, -0.05) is 0 Å². The fraction of sp³-hybridized carbons (Fsp3) is 0.938. The normalized spacial score (nSPS) is 45.5. The number of nitrogens with zero attached hydrogens (tertiary/aromatic N) is 1. The van der Waals surface area contributed by atoms with Crippen LogP contribution in [0.3, 0.4) is 0 Å². The molecule has 114 valence electrons. The van der Waals surface area contributed by atoms with Crippen molar-refractivity contribution in [1.29, 1.82) is 0 Å². The molecule has 20 heavy (non-hydrogen) atoms. The molecule has 1 heterocycles. The van der Waals surface area contributed by atoms with E-state index in [0.29, 0.717) is 11.3 Å². The van der Waals surface area contributed by atoms with Crippen molar-refractivity contribution in [3.8, 4) is 0 Å². The summed E-state index contributed by atoms with van der Waals surface area (Å²) in [6.45, 7) is 1.69. The largest absolute Gasteiger partial charge is 0.341 e. The van der Waals surface area contributed by atoms with Gasteiger partial charge in [-0.05, 0) is 68.1 Å². The van der Waals surface area contributed by atoms with Crippen molar-refractivity contribution in [2.24, 2.45) is 28.9 Å². The van der Waals surface area contributed by atoms with Crippen LogP contribution >= 0.6 is 12.4 Å². The van der Waals surface area contributed by atoms with Crippen LogP contribution in [0.25, 0.3) is 0 Å². The van der Waals surface area contributed by atoms with Gasteiger partial charge in [-0.2, -0.15) is 0 Å². The topological polar surface area (TPSA) is 46.3 Å². The Labute approximate surface area is 128 Å². The van der Waals surface area contributed by atoms with Gasteiger partial charge in [0, 0.05) is 25.6 Å². The maximum atomic E-state index is 12.5. The maximum absolute atomic E-state index is 12.5. The van der Waals surface area contributed by atoms with Crippen LogP contribution in [0.4, 0.5) is 0 Å². The van der Waals surface area contributed by atoms with Crippen LogP contribution in [0.5, 0.6) is 0 Å². The van der Waals surface area contributed by atoms with E-state index in [-0.39, 0.29) is 18.4 Å². The Morgan fingerprint density at radius 3 is 2.10 bits per heavy atom. The van der Waals surface area contributed by atoms with Crippen LogP contribution in [0.2, 0.25) is 0 Å². The molecule has 3 nitrogen and oxygen atoms in total. The zero-order chi connectivity index (χ0) is 13.0. The van der Waals surface area contributed by atoms with Gasteiger partial charge in [0.1, 0.15) is 0 Å². The molecular formula is C16H27ClN2O. The Morgan fingerprint density at radius 2 is 1.65 bits per heavy atom. The number of carbonyl (C=O) groups is 1. The van der Waals surface area contributed by atoms with Gasteiger partial charge < -0.3 is 10.6 Å². The molecule has 4 heteroatoms. The van der Waals surface area contributed by atoms with Crippen LogP contribution in [0.15, 0.2) is 0 Å². The number of hydrogen-bond acceptors (Lipinski definition) is 2. The average Bonchev–Trinajstić information content (AvgIpc) is 2.73. The van der Waals surface area contributed by atoms with E-state index in [9.17, 15) is 4.79 Å². The van der Waals surface area contributed by atoms with E-state index >= 15 is 0 Å². The van der Waals surface area contributed by atoms with Gasteiger partial charge in [0.2, 0.25) is 5.91 Å². The molecule has 5 fully saturated rings. The van der Waals surface area contributed by atoms with E-state index in [4.69, 9.17) is 5.73 Å². The van der Waals surface area contributed by atoms with Crippen molar-refractivity contribution in [1.82, 2.24) is 4.90 Å². The maximum Gasteiger partial charge on any atom is 0.223 e. The zero-order valence-corrected chi connectivity index (χ0v) is 13.0. The number of likely N-dealkylation sites (tertiary alicyclic amines) is 1. The highest BCUT2D eigenvalue weighted by atomic mass is 35.5. The van der Waals surface area contributed by atoms with E-state index in [1.54, 1.807) is 0 Å². The molecular weight excluding hydrogens is 272 g/mol. The van der Waals surface area contributed by atoms with Crippen molar-refractivity contribution in [3.05, 3.63) is 0 Å². The minimum absolute atomic E-state index is 0. The molecule has 1 atom stereocenters. The molecule has 4 saturated carbocycles. The van der Waals surface area contributed by atoms with E-state index in [1.165, 1.54) is 38.5 Å². The molecule has 5 rings (SSSR count). The summed E-state index contributed by atoms with van der Waals surface area (Å²) in [6.07, 6.45) is 10.2. The third-order valence-corrected chi connectivity index (χ3v) is 6.27. The average molecular weight is 299 g/mol. The first-order valence-corrected chi connectivity index (χ1v) is 8.15. The Hall–Kier alpha value is -0.280. The second-order valence-corrected chi connectivity index (χ2v) is 7.98. The number of nitrogens with two attached hydrogens (primary N) is 1.